The Morgan fingerprint density at radius 2 is 1.92 bits per heavy atom. The number of rotatable bonds is 8. The van der Waals surface area contributed by atoms with Crippen molar-refractivity contribution in [2.75, 3.05) is 19.6 Å². The molecular formula is C27H26F2N6O3. The molecule has 0 unspecified atom stereocenters. The van der Waals surface area contributed by atoms with E-state index in [1.54, 1.807) is 18.5 Å². The van der Waals surface area contributed by atoms with Crippen LogP contribution in [-0.4, -0.2) is 51.5 Å². The third kappa shape index (κ3) is 5.06. The average Bonchev–Trinajstić information content (AvgIpc) is 3.84. The predicted molar refractivity (Wildman–Crippen MR) is 131 cm³/mol. The number of halogens is 2. The van der Waals surface area contributed by atoms with Crippen LogP contribution in [0.5, 0.6) is 0 Å². The minimum atomic E-state index is -0.827. The molecule has 0 saturated heterocycles. The fraction of sp³-hybridized carbons (Fsp3) is 0.370. The molecule has 196 valence electrons. The van der Waals surface area contributed by atoms with Crippen LogP contribution in [0.25, 0.3) is 11.3 Å². The van der Waals surface area contributed by atoms with Gasteiger partial charge in [-0.05, 0) is 49.8 Å². The summed E-state index contributed by atoms with van der Waals surface area (Å²) in [5.74, 6) is -1.74. The van der Waals surface area contributed by atoms with Gasteiger partial charge in [0.1, 0.15) is 11.6 Å². The van der Waals surface area contributed by atoms with Gasteiger partial charge in [-0.2, -0.15) is 0 Å². The molecule has 1 aliphatic heterocycles. The lowest BCUT2D eigenvalue weighted by atomic mass is 9.98. The zero-order valence-electron chi connectivity index (χ0n) is 20.5. The van der Waals surface area contributed by atoms with Crippen molar-refractivity contribution < 1.29 is 22.9 Å². The molecule has 6 rings (SSSR count). The summed E-state index contributed by atoms with van der Waals surface area (Å²) in [6, 6.07) is 6.06. The van der Waals surface area contributed by atoms with Crippen molar-refractivity contribution in [1.82, 2.24) is 30.7 Å². The van der Waals surface area contributed by atoms with Crippen LogP contribution < -0.4 is 10.6 Å². The van der Waals surface area contributed by atoms with Gasteiger partial charge in [0.05, 0.1) is 17.0 Å². The van der Waals surface area contributed by atoms with Crippen LogP contribution >= 0.6 is 0 Å². The number of hydrogen-bond donors (Lipinski definition) is 2. The van der Waals surface area contributed by atoms with Gasteiger partial charge in [0, 0.05) is 49.9 Å². The number of nitrogens with zero attached hydrogens (tertiary/aromatic N) is 4. The average molecular weight is 521 g/mol. The van der Waals surface area contributed by atoms with E-state index in [1.165, 1.54) is 25.0 Å². The summed E-state index contributed by atoms with van der Waals surface area (Å²) < 4.78 is 32.6. The largest absolute Gasteiger partial charge is 0.355 e. The highest BCUT2D eigenvalue weighted by molar-refractivity contribution is 5.95. The molecule has 38 heavy (non-hydrogen) atoms. The minimum absolute atomic E-state index is 0.00582. The van der Waals surface area contributed by atoms with Crippen molar-refractivity contribution in [3.63, 3.8) is 0 Å². The van der Waals surface area contributed by atoms with Crippen molar-refractivity contribution in [2.45, 2.75) is 31.2 Å². The Balaban J connectivity index is 1.19. The molecule has 2 aromatic heterocycles. The molecule has 2 N–H and O–H groups in total. The van der Waals surface area contributed by atoms with Gasteiger partial charge in [-0.3, -0.25) is 14.5 Å². The second kappa shape index (κ2) is 9.71. The van der Waals surface area contributed by atoms with Crippen LogP contribution in [0.3, 0.4) is 0 Å². The Morgan fingerprint density at radius 1 is 1.13 bits per heavy atom. The van der Waals surface area contributed by atoms with Gasteiger partial charge in [-0.25, -0.2) is 18.7 Å². The summed E-state index contributed by atoms with van der Waals surface area (Å²) in [7, 11) is 0. The molecule has 0 bridgehead atoms. The second-order valence-electron chi connectivity index (χ2n) is 10.2. The molecule has 2 aliphatic carbocycles. The molecular weight excluding hydrogens is 494 g/mol. The van der Waals surface area contributed by atoms with Crippen LogP contribution in [0, 0.1) is 23.5 Å². The SMILES string of the molecule is O=C(NC1=CCN(CC2CC2)C[C@@H]1C(=O)NC1(c2ncccn2)CC1)c1cc(-c2ccc(F)cc2F)on1. The second-order valence-corrected chi connectivity index (χ2v) is 10.2. The maximum absolute atomic E-state index is 14.2. The van der Waals surface area contributed by atoms with Crippen molar-refractivity contribution in [1.29, 1.82) is 0 Å². The van der Waals surface area contributed by atoms with E-state index in [2.05, 4.69) is 30.7 Å². The molecule has 3 aromatic rings. The minimum Gasteiger partial charge on any atom is -0.355 e. The van der Waals surface area contributed by atoms with E-state index in [0.29, 0.717) is 30.5 Å². The van der Waals surface area contributed by atoms with Gasteiger partial charge >= 0.3 is 0 Å². The number of amides is 2. The van der Waals surface area contributed by atoms with Crippen molar-refractivity contribution in [3.8, 4) is 11.3 Å². The zero-order chi connectivity index (χ0) is 26.3. The van der Waals surface area contributed by atoms with E-state index in [-0.39, 0.29) is 22.9 Å². The molecule has 1 aromatic carbocycles. The first-order valence-electron chi connectivity index (χ1n) is 12.7. The lowest BCUT2D eigenvalue weighted by Gasteiger charge is -2.33. The summed E-state index contributed by atoms with van der Waals surface area (Å²) in [6.45, 7) is 1.98. The van der Waals surface area contributed by atoms with Crippen molar-refractivity contribution in [2.24, 2.45) is 11.8 Å². The summed E-state index contributed by atoms with van der Waals surface area (Å²) in [4.78, 5) is 37.5. The number of hydrogen-bond acceptors (Lipinski definition) is 7. The lowest BCUT2D eigenvalue weighted by Crippen LogP contribution is -2.49. The van der Waals surface area contributed by atoms with Crippen LogP contribution in [0.1, 0.15) is 42.0 Å². The topological polar surface area (TPSA) is 113 Å². The van der Waals surface area contributed by atoms with Crippen LogP contribution in [0.15, 0.2) is 59.0 Å². The Labute approximate surface area is 217 Å². The van der Waals surface area contributed by atoms with E-state index in [9.17, 15) is 18.4 Å². The summed E-state index contributed by atoms with van der Waals surface area (Å²) in [5, 5.41) is 9.71. The summed E-state index contributed by atoms with van der Waals surface area (Å²) in [6.07, 6.45) is 9.04. The number of aromatic nitrogens is 3. The van der Waals surface area contributed by atoms with Crippen LogP contribution in [0.4, 0.5) is 8.78 Å². The first-order chi connectivity index (χ1) is 18.4. The third-order valence-electron chi connectivity index (χ3n) is 7.22. The molecule has 3 heterocycles. The van der Waals surface area contributed by atoms with Gasteiger partial charge < -0.3 is 15.2 Å². The zero-order valence-corrected chi connectivity index (χ0v) is 20.5. The summed E-state index contributed by atoms with van der Waals surface area (Å²) in [5.41, 5.74) is -0.213. The fourth-order valence-corrected chi connectivity index (χ4v) is 4.77. The number of nitrogens with one attached hydrogen (secondary N) is 2. The lowest BCUT2D eigenvalue weighted by molar-refractivity contribution is -0.125. The van der Waals surface area contributed by atoms with Crippen molar-refractivity contribution >= 4 is 11.8 Å². The predicted octanol–water partition coefficient (Wildman–Crippen LogP) is 3.17. The van der Waals surface area contributed by atoms with E-state index in [4.69, 9.17) is 4.52 Å². The summed E-state index contributed by atoms with van der Waals surface area (Å²) >= 11 is 0. The fourth-order valence-electron chi connectivity index (χ4n) is 4.77. The maximum atomic E-state index is 14.2. The van der Waals surface area contributed by atoms with Gasteiger partial charge in [-0.1, -0.05) is 11.2 Å². The first-order valence-corrected chi connectivity index (χ1v) is 12.7. The standard InChI is InChI=1S/C27H26F2N6O3/c28-17-4-5-18(20(29)12-17)23-13-22(34-38-23)25(37)32-21-6-11-35(14-16-2-3-16)15-19(21)24(36)33-27(7-8-27)26-30-9-1-10-31-26/h1,4-6,9-10,12-13,16,19H,2-3,7-8,11,14-15H2,(H,32,37)(H,33,36)/t19-/m0/s1. The maximum Gasteiger partial charge on any atom is 0.277 e. The van der Waals surface area contributed by atoms with Crippen molar-refractivity contribution in [3.05, 3.63) is 77.7 Å². The van der Waals surface area contributed by atoms with Crippen LogP contribution in [0.2, 0.25) is 0 Å². The molecule has 2 fully saturated rings. The third-order valence-corrected chi connectivity index (χ3v) is 7.22. The van der Waals surface area contributed by atoms with E-state index < -0.39 is 29.0 Å². The normalized spacial score (nSPS) is 20.5. The smallest absolute Gasteiger partial charge is 0.277 e. The molecule has 11 heteroatoms. The van der Waals surface area contributed by atoms with E-state index >= 15 is 0 Å². The van der Waals surface area contributed by atoms with Gasteiger partial charge in [-0.15, -0.1) is 0 Å². The monoisotopic (exact) mass is 520 g/mol. The molecule has 0 spiro atoms. The Hall–Kier alpha value is -3.99. The van der Waals surface area contributed by atoms with E-state index in [0.717, 1.165) is 31.5 Å². The van der Waals surface area contributed by atoms with E-state index in [1.807, 2.05) is 6.08 Å². The highest BCUT2D eigenvalue weighted by Crippen LogP contribution is 2.44. The Morgan fingerprint density at radius 3 is 2.63 bits per heavy atom. The van der Waals surface area contributed by atoms with Gasteiger partial charge in [0.15, 0.2) is 17.3 Å². The molecule has 0 radical (unpaired) electrons. The molecule has 2 amide bonds. The number of benzene rings is 1. The molecule has 1 atom stereocenters. The quantitative estimate of drug-likeness (QED) is 0.469. The first kappa shape index (κ1) is 24.4. The van der Waals surface area contributed by atoms with Gasteiger partial charge in [0.25, 0.3) is 5.91 Å². The molecule has 2 saturated carbocycles. The number of carbonyl (C=O) groups is 2. The number of carbonyl (C=O) groups excluding carboxylic acids is 2. The highest BCUT2D eigenvalue weighted by Gasteiger charge is 2.49. The Kier molecular flexibility index (Phi) is 6.22. The molecule has 3 aliphatic rings. The van der Waals surface area contributed by atoms with Crippen LogP contribution in [-0.2, 0) is 10.3 Å². The molecule has 9 nitrogen and oxygen atoms in total. The highest BCUT2D eigenvalue weighted by atomic mass is 19.1. The Bertz CT molecular complexity index is 1400. The van der Waals surface area contributed by atoms with Gasteiger partial charge in [0.2, 0.25) is 5.91 Å².